The maximum atomic E-state index is 5.93. The average Bonchev–Trinajstić information content (AvgIpc) is 3.17. The van der Waals surface area contributed by atoms with Crippen LogP contribution in [-0.4, -0.2) is 44.3 Å². The molecule has 8 nitrogen and oxygen atoms in total. The van der Waals surface area contributed by atoms with E-state index in [4.69, 9.17) is 9.26 Å². The molecule has 8 heteroatoms. The van der Waals surface area contributed by atoms with Gasteiger partial charge in [0.2, 0.25) is 11.8 Å². The Hall–Kier alpha value is -2.87. The Kier molecular flexibility index (Phi) is 4.60. The summed E-state index contributed by atoms with van der Waals surface area (Å²) in [6, 6.07) is 5.51. The lowest BCUT2D eigenvalue weighted by Crippen LogP contribution is -2.37. The summed E-state index contributed by atoms with van der Waals surface area (Å²) in [4.78, 5) is 19.1. The van der Waals surface area contributed by atoms with E-state index in [1.165, 1.54) is 0 Å². The lowest BCUT2D eigenvalue weighted by Gasteiger charge is -2.31. The predicted octanol–water partition coefficient (Wildman–Crippen LogP) is 2.11. The average molecular weight is 338 g/mol. The number of hydrogen-bond donors (Lipinski definition) is 0. The van der Waals surface area contributed by atoms with Gasteiger partial charge in [-0.05, 0) is 31.0 Å². The van der Waals surface area contributed by atoms with Crippen molar-refractivity contribution >= 4 is 5.95 Å². The minimum absolute atomic E-state index is 0.177. The highest BCUT2D eigenvalue weighted by Gasteiger charge is 2.22. The molecule has 0 N–H and O–H groups in total. The molecule has 1 saturated heterocycles. The zero-order valence-corrected chi connectivity index (χ0v) is 13.7. The van der Waals surface area contributed by atoms with Gasteiger partial charge in [0.25, 0.3) is 5.89 Å². The summed E-state index contributed by atoms with van der Waals surface area (Å²) in [6.45, 7) is 2.08. The highest BCUT2D eigenvalue weighted by Crippen LogP contribution is 2.19. The van der Waals surface area contributed by atoms with Crippen LogP contribution in [0.15, 0.2) is 47.5 Å². The van der Waals surface area contributed by atoms with Crippen molar-refractivity contribution in [3.63, 3.8) is 0 Å². The van der Waals surface area contributed by atoms with Gasteiger partial charge in [-0.2, -0.15) is 4.98 Å². The fourth-order valence-electron chi connectivity index (χ4n) is 2.80. The maximum absolute atomic E-state index is 5.93. The molecule has 4 heterocycles. The highest BCUT2D eigenvalue weighted by atomic mass is 16.5. The number of aromatic nitrogens is 5. The Morgan fingerprint density at radius 3 is 2.60 bits per heavy atom. The second-order valence-corrected chi connectivity index (χ2v) is 5.79. The van der Waals surface area contributed by atoms with Gasteiger partial charge in [-0.3, -0.25) is 4.98 Å². The quantitative estimate of drug-likeness (QED) is 0.699. The van der Waals surface area contributed by atoms with E-state index in [1.807, 2.05) is 18.2 Å². The largest absolute Gasteiger partial charge is 0.368 e. The van der Waals surface area contributed by atoms with Crippen LogP contribution in [0.3, 0.4) is 0 Å². The molecule has 0 radical (unpaired) electrons. The summed E-state index contributed by atoms with van der Waals surface area (Å²) in [5, 5.41) is 3.98. The molecule has 0 amide bonds. The number of anilines is 1. The van der Waals surface area contributed by atoms with Crippen LogP contribution in [0.1, 0.15) is 18.7 Å². The number of nitrogens with zero attached hydrogens (tertiary/aromatic N) is 6. The summed E-state index contributed by atoms with van der Waals surface area (Å²) in [5.74, 6) is 1.82. The first-order valence-corrected chi connectivity index (χ1v) is 8.25. The molecule has 0 spiro atoms. The molecule has 1 fully saturated rings. The van der Waals surface area contributed by atoms with Crippen molar-refractivity contribution in [1.29, 1.82) is 0 Å². The number of hydrogen-bond acceptors (Lipinski definition) is 8. The van der Waals surface area contributed by atoms with Gasteiger partial charge in [-0.1, -0.05) is 5.16 Å². The monoisotopic (exact) mass is 338 g/mol. The second-order valence-electron chi connectivity index (χ2n) is 5.79. The molecule has 0 saturated carbocycles. The van der Waals surface area contributed by atoms with E-state index in [0.717, 1.165) is 37.4 Å². The molecule has 1 aliphatic heterocycles. The minimum atomic E-state index is 0.177. The smallest absolute Gasteiger partial charge is 0.252 e. The van der Waals surface area contributed by atoms with Gasteiger partial charge in [-0.15, -0.1) is 0 Å². The molecule has 0 atom stereocenters. The number of piperidine rings is 1. The van der Waals surface area contributed by atoms with Crippen LogP contribution in [0.2, 0.25) is 0 Å². The summed E-state index contributed by atoms with van der Waals surface area (Å²) < 4.78 is 11.2. The first kappa shape index (κ1) is 15.6. The second kappa shape index (κ2) is 7.35. The number of ether oxygens (including phenoxy) is 1. The lowest BCUT2D eigenvalue weighted by atomic mass is 10.1. The van der Waals surface area contributed by atoms with Crippen molar-refractivity contribution in [3.8, 4) is 11.4 Å². The van der Waals surface area contributed by atoms with Crippen molar-refractivity contribution in [2.75, 3.05) is 18.0 Å². The Balaban J connectivity index is 1.28. The van der Waals surface area contributed by atoms with E-state index in [0.29, 0.717) is 18.3 Å². The summed E-state index contributed by atoms with van der Waals surface area (Å²) in [5.41, 5.74) is 0.876. The van der Waals surface area contributed by atoms with E-state index >= 15 is 0 Å². The molecular formula is C17H18N6O2. The molecule has 3 aromatic heterocycles. The Labute approximate surface area is 144 Å². The van der Waals surface area contributed by atoms with Crippen LogP contribution in [0.4, 0.5) is 5.95 Å². The third-order valence-corrected chi connectivity index (χ3v) is 4.13. The topological polar surface area (TPSA) is 90.1 Å². The van der Waals surface area contributed by atoms with Gasteiger partial charge in [0.05, 0.1) is 6.10 Å². The number of rotatable bonds is 5. The Morgan fingerprint density at radius 1 is 1.08 bits per heavy atom. The van der Waals surface area contributed by atoms with Crippen molar-refractivity contribution < 1.29 is 9.26 Å². The van der Waals surface area contributed by atoms with Crippen molar-refractivity contribution in [2.45, 2.75) is 25.6 Å². The minimum Gasteiger partial charge on any atom is -0.368 e. The third-order valence-electron chi connectivity index (χ3n) is 4.13. The van der Waals surface area contributed by atoms with Crippen LogP contribution in [-0.2, 0) is 11.3 Å². The molecule has 3 aromatic rings. The van der Waals surface area contributed by atoms with Crippen LogP contribution in [0, 0.1) is 0 Å². The summed E-state index contributed by atoms with van der Waals surface area (Å²) >= 11 is 0. The van der Waals surface area contributed by atoms with Crippen LogP contribution >= 0.6 is 0 Å². The van der Waals surface area contributed by atoms with E-state index in [1.54, 1.807) is 24.8 Å². The van der Waals surface area contributed by atoms with Gasteiger partial charge >= 0.3 is 0 Å². The van der Waals surface area contributed by atoms with Crippen LogP contribution in [0.25, 0.3) is 11.4 Å². The van der Waals surface area contributed by atoms with Crippen LogP contribution in [0.5, 0.6) is 0 Å². The number of pyridine rings is 1. The highest BCUT2D eigenvalue weighted by molar-refractivity contribution is 5.52. The SMILES string of the molecule is c1cnc(N2CCC(OCc3nc(-c4ccncc4)no3)CC2)nc1. The first-order chi connectivity index (χ1) is 12.4. The van der Waals surface area contributed by atoms with Gasteiger partial charge in [0, 0.05) is 43.4 Å². The van der Waals surface area contributed by atoms with E-state index in [9.17, 15) is 0 Å². The zero-order valence-electron chi connectivity index (χ0n) is 13.7. The molecular weight excluding hydrogens is 320 g/mol. The van der Waals surface area contributed by atoms with Gasteiger partial charge in [-0.25, -0.2) is 9.97 Å². The van der Waals surface area contributed by atoms with E-state index < -0.39 is 0 Å². The molecule has 128 valence electrons. The summed E-state index contributed by atoms with van der Waals surface area (Å²) in [7, 11) is 0. The van der Waals surface area contributed by atoms with Gasteiger partial charge < -0.3 is 14.2 Å². The molecule has 0 aromatic carbocycles. The summed E-state index contributed by atoms with van der Waals surface area (Å²) in [6.07, 6.45) is 8.95. The maximum Gasteiger partial charge on any atom is 0.252 e. The van der Waals surface area contributed by atoms with Crippen LogP contribution < -0.4 is 4.90 Å². The van der Waals surface area contributed by atoms with Gasteiger partial charge in [0.15, 0.2) is 0 Å². The Bertz CT molecular complexity index is 787. The fourth-order valence-corrected chi connectivity index (χ4v) is 2.80. The molecule has 25 heavy (non-hydrogen) atoms. The molecule has 0 bridgehead atoms. The molecule has 4 rings (SSSR count). The van der Waals surface area contributed by atoms with Crippen molar-refractivity contribution in [2.24, 2.45) is 0 Å². The van der Waals surface area contributed by atoms with Crippen molar-refractivity contribution in [1.82, 2.24) is 25.1 Å². The third kappa shape index (κ3) is 3.80. The molecule has 0 aliphatic carbocycles. The fraction of sp³-hybridized carbons (Fsp3) is 0.353. The normalized spacial score (nSPS) is 15.4. The molecule has 1 aliphatic rings. The van der Waals surface area contributed by atoms with Gasteiger partial charge in [0.1, 0.15) is 6.61 Å². The van der Waals surface area contributed by atoms with Crippen molar-refractivity contribution in [3.05, 3.63) is 48.9 Å². The molecule has 0 unspecified atom stereocenters. The first-order valence-electron chi connectivity index (χ1n) is 8.25. The van der Waals surface area contributed by atoms with E-state index in [-0.39, 0.29) is 6.10 Å². The Morgan fingerprint density at radius 2 is 1.84 bits per heavy atom. The zero-order chi connectivity index (χ0) is 16.9. The lowest BCUT2D eigenvalue weighted by molar-refractivity contribution is 0.0119. The van der Waals surface area contributed by atoms with E-state index in [2.05, 4.69) is 30.0 Å². The standard InChI is InChI=1S/C17H18N6O2/c1-6-19-17(20-7-1)23-10-4-14(5-11-23)24-12-15-21-16(22-25-15)13-2-8-18-9-3-13/h1-3,6-9,14H,4-5,10-12H2. The predicted molar refractivity (Wildman–Crippen MR) is 89.6 cm³/mol.